The predicted octanol–water partition coefficient (Wildman–Crippen LogP) is 1.96. The number of nitrogens with zero attached hydrogens (tertiary/aromatic N) is 2. The molecule has 6 nitrogen and oxygen atoms in total. The molecule has 2 aromatic rings. The molecule has 0 bridgehead atoms. The molecule has 1 heterocycles. The molecule has 1 aliphatic rings. The number of esters is 1. The number of rotatable bonds is 3. The zero-order valence-electron chi connectivity index (χ0n) is 13.7. The molecule has 0 aliphatic carbocycles. The van der Waals surface area contributed by atoms with Gasteiger partial charge in [0, 0.05) is 6.26 Å². The zero-order valence-corrected chi connectivity index (χ0v) is 14.5. The second kappa shape index (κ2) is 6.25. The highest BCUT2D eigenvalue weighted by atomic mass is 32.2. The van der Waals surface area contributed by atoms with Crippen molar-refractivity contribution in [3.05, 3.63) is 71.8 Å². The fourth-order valence-corrected chi connectivity index (χ4v) is 4.02. The van der Waals surface area contributed by atoms with Crippen LogP contribution in [0.1, 0.15) is 11.1 Å². The largest absolute Gasteiger partial charge is 0.468 e. The molecule has 25 heavy (non-hydrogen) atoms. The lowest BCUT2D eigenvalue weighted by atomic mass is 9.75. The van der Waals surface area contributed by atoms with Gasteiger partial charge in [-0.05, 0) is 11.1 Å². The fraction of sp³-hybridized carbons (Fsp3) is 0.167. The van der Waals surface area contributed by atoms with Crippen LogP contribution in [0.5, 0.6) is 0 Å². The Labute approximate surface area is 145 Å². The van der Waals surface area contributed by atoms with Gasteiger partial charge < -0.3 is 4.74 Å². The van der Waals surface area contributed by atoms with Crippen molar-refractivity contribution in [2.24, 2.45) is 10.2 Å². The van der Waals surface area contributed by atoms with E-state index in [2.05, 4.69) is 10.2 Å². The van der Waals surface area contributed by atoms with E-state index in [4.69, 9.17) is 4.74 Å². The van der Waals surface area contributed by atoms with Crippen molar-refractivity contribution < 1.29 is 17.9 Å². The van der Waals surface area contributed by atoms with E-state index in [9.17, 15) is 13.2 Å². The first kappa shape index (κ1) is 17.0. The van der Waals surface area contributed by atoms with E-state index in [0.717, 1.165) is 6.26 Å². The molecule has 0 saturated carbocycles. The summed E-state index contributed by atoms with van der Waals surface area (Å²) in [7, 11) is -2.60. The van der Waals surface area contributed by atoms with Gasteiger partial charge in [-0.3, -0.25) is 4.79 Å². The van der Waals surface area contributed by atoms with Gasteiger partial charge in [0.15, 0.2) is 20.3 Å². The summed E-state index contributed by atoms with van der Waals surface area (Å²) in [6, 6.07) is 17.4. The SMILES string of the molecule is COC(=O)C1(c2ccccc2)C(c2ccccc2)=NN=C1S(C)(=O)=O. The Bertz CT molecular complexity index is 967. The molecule has 3 rings (SSSR count). The number of benzene rings is 2. The van der Waals surface area contributed by atoms with Gasteiger partial charge >= 0.3 is 5.97 Å². The van der Waals surface area contributed by atoms with Crippen LogP contribution in [0.2, 0.25) is 0 Å². The zero-order chi connectivity index (χ0) is 18.1. The number of hydrogen-bond donors (Lipinski definition) is 0. The molecule has 0 radical (unpaired) electrons. The molecular formula is C18H16N2O4S. The maximum absolute atomic E-state index is 12.9. The number of hydrogen-bond acceptors (Lipinski definition) is 6. The first-order valence-corrected chi connectivity index (χ1v) is 9.37. The van der Waals surface area contributed by atoms with E-state index in [1.54, 1.807) is 54.6 Å². The van der Waals surface area contributed by atoms with Gasteiger partial charge in [-0.15, -0.1) is 5.10 Å². The average molecular weight is 356 g/mol. The van der Waals surface area contributed by atoms with Gasteiger partial charge in [-0.1, -0.05) is 60.7 Å². The minimum Gasteiger partial charge on any atom is -0.468 e. The minimum absolute atomic E-state index is 0.228. The molecule has 0 spiro atoms. The van der Waals surface area contributed by atoms with Gasteiger partial charge in [0.25, 0.3) is 0 Å². The second-order valence-corrected chi connectivity index (χ2v) is 7.53. The van der Waals surface area contributed by atoms with Gasteiger partial charge in [0.05, 0.1) is 12.8 Å². The third kappa shape index (κ3) is 2.66. The van der Waals surface area contributed by atoms with E-state index >= 15 is 0 Å². The highest BCUT2D eigenvalue weighted by molar-refractivity contribution is 8.06. The van der Waals surface area contributed by atoms with E-state index in [0.29, 0.717) is 11.1 Å². The van der Waals surface area contributed by atoms with Crippen LogP contribution in [0.15, 0.2) is 70.9 Å². The predicted molar refractivity (Wildman–Crippen MR) is 95.4 cm³/mol. The van der Waals surface area contributed by atoms with Crippen LogP contribution in [0.3, 0.4) is 0 Å². The molecule has 0 saturated heterocycles. The first-order valence-electron chi connectivity index (χ1n) is 7.48. The topological polar surface area (TPSA) is 85.2 Å². The lowest BCUT2D eigenvalue weighted by Crippen LogP contribution is -2.52. The van der Waals surface area contributed by atoms with Crippen LogP contribution in [-0.2, 0) is 24.8 Å². The smallest absolute Gasteiger partial charge is 0.329 e. The molecular weight excluding hydrogens is 340 g/mol. The van der Waals surface area contributed by atoms with E-state index in [-0.39, 0.29) is 10.8 Å². The molecule has 0 N–H and O–H groups in total. The number of sulfone groups is 1. The molecule has 1 unspecified atom stereocenters. The Morgan fingerprint density at radius 2 is 1.52 bits per heavy atom. The summed E-state index contributed by atoms with van der Waals surface area (Å²) in [5.74, 6) is -0.747. The van der Waals surface area contributed by atoms with Crippen molar-refractivity contribution in [3.63, 3.8) is 0 Å². The van der Waals surface area contributed by atoms with E-state index in [1.165, 1.54) is 7.11 Å². The molecule has 7 heteroatoms. The average Bonchev–Trinajstić information content (AvgIpc) is 3.04. The Kier molecular flexibility index (Phi) is 4.26. The highest BCUT2D eigenvalue weighted by Gasteiger charge is 2.57. The van der Waals surface area contributed by atoms with Crippen LogP contribution < -0.4 is 0 Å². The fourth-order valence-electron chi connectivity index (χ4n) is 2.97. The minimum atomic E-state index is -3.82. The summed E-state index contributed by atoms with van der Waals surface area (Å²) in [6.07, 6.45) is 1.01. The van der Waals surface area contributed by atoms with Gasteiger partial charge in [0.1, 0.15) is 0 Å². The lowest BCUT2D eigenvalue weighted by Gasteiger charge is -2.29. The third-order valence-electron chi connectivity index (χ3n) is 4.01. The van der Waals surface area contributed by atoms with E-state index in [1.807, 2.05) is 6.07 Å². The highest BCUT2D eigenvalue weighted by Crippen LogP contribution is 2.38. The summed E-state index contributed by atoms with van der Waals surface area (Å²) in [6.45, 7) is 0. The maximum Gasteiger partial charge on any atom is 0.329 e. The Morgan fingerprint density at radius 1 is 0.960 bits per heavy atom. The quantitative estimate of drug-likeness (QED) is 0.787. The number of ether oxygens (including phenoxy) is 1. The number of methoxy groups -OCH3 is 1. The molecule has 128 valence electrons. The summed E-state index contributed by atoms with van der Waals surface area (Å²) in [5.41, 5.74) is -0.470. The molecule has 0 fully saturated rings. The Morgan fingerprint density at radius 3 is 2.04 bits per heavy atom. The Balaban J connectivity index is 2.37. The molecule has 0 aromatic heterocycles. The van der Waals surface area contributed by atoms with Crippen LogP contribution in [0, 0.1) is 0 Å². The summed E-state index contributed by atoms with van der Waals surface area (Å²) in [5, 5.41) is 7.62. The summed E-state index contributed by atoms with van der Waals surface area (Å²) >= 11 is 0. The lowest BCUT2D eigenvalue weighted by molar-refractivity contribution is -0.142. The number of carbonyl (C=O) groups is 1. The van der Waals surface area contributed by atoms with Crippen molar-refractivity contribution in [2.75, 3.05) is 13.4 Å². The molecule has 1 aliphatic heterocycles. The standard InChI is InChI=1S/C18H16N2O4S/c1-24-17(21)18(14-11-7-4-8-12-14)15(13-9-5-3-6-10-13)19-20-16(18)25(2,22)23/h3-12H,1-2H3. The van der Waals surface area contributed by atoms with Gasteiger partial charge in [-0.2, -0.15) is 5.10 Å². The number of carbonyl (C=O) groups excluding carboxylic acids is 1. The van der Waals surface area contributed by atoms with Gasteiger partial charge in [0.2, 0.25) is 0 Å². The van der Waals surface area contributed by atoms with Crippen LogP contribution in [0.25, 0.3) is 0 Å². The normalized spacial score (nSPS) is 19.9. The molecule has 0 amide bonds. The summed E-state index contributed by atoms with van der Waals surface area (Å²) in [4.78, 5) is 12.9. The second-order valence-electron chi connectivity index (χ2n) is 5.60. The molecule has 1 atom stereocenters. The molecule has 2 aromatic carbocycles. The van der Waals surface area contributed by atoms with Crippen LogP contribution in [0.4, 0.5) is 0 Å². The van der Waals surface area contributed by atoms with Gasteiger partial charge in [-0.25, -0.2) is 8.42 Å². The van der Waals surface area contributed by atoms with Crippen molar-refractivity contribution in [3.8, 4) is 0 Å². The monoisotopic (exact) mass is 356 g/mol. The maximum atomic E-state index is 12.9. The van der Waals surface area contributed by atoms with Crippen molar-refractivity contribution in [2.45, 2.75) is 5.41 Å². The van der Waals surface area contributed by atoms with E-state index < -0.39 is 21.2 Å². The Hall–Kier alpha value is -2.80. The van der Waals surface area contributed by atoms with Crippen LogP contribution in [-0.4, -0.2) is 38.5 Å². The van der Waals surface area contributed by atoms with Crippen LogP contribution >= 0.6 is 0 Å². The third-order valence-corrected chi connectivity index (χ3v) is 5.10. The van der Waals surface area contributed by atoms with Crippen molar-refractivity contribution in [1.29, 1.82) is 0 Å². The van der Waals surface area contributed by atoms with Crippen molar-refractivity contribution >= 4 is 26.6 Å². The first-order chi connectivity index (χ1) is 11.9. The van der Waals surface area contributed by atoms with Crippen molar-refractivity contribution in [1.82, 2.24) is 0 Å². The summed E-state index contributed by atoms with van der Waals surface area (Å²) < 4.78 is 29.8.